The molecule has 0 aliphatic carbocycles. The first-order chi connectivity index (χ1) is 16.5. The van der Waals surface area contributed by atoms with Crippen LogP contribution in [0.2, 0.25) is 5.02 Å². The fourth-order valence-corrected chi connectivity index (χ4v) is 4.20. The van der Waals surface area contributed by atoms with Gasteiger partial charge in [0.25, 0.3) is 0 Å². The van der Waals surface area contributed by atoms with Gasteiger partial charge in [0.2, 0.25) is 5.78 Å². The molecule has 2 aliphatic heterocycles. The second kappa shape index (κ2) is 9.33. The molecule has 0 aromatic heterocycles. The molecule has 0 radical (unpaired) electrons. The van der Waals surface area contributed by atoms with Crippen LogP contribution in [-0.2, 0) is 17.7 Å². The molecule has 0 saturated carbocycles. The summed E-state index contributed by atoms with van der Waals surface area (Å²) in [7, 11) is 1.34. The predicted octanol–water partition coefficient (Wildman–Crippen LogP) is 5.14. The predicted molar refractivity (Wildman–Crippen MR) is 128 cm³/mol. The zero-order chi connectivity index (χ0) is 23.7. The van der Waals surface area contributed by atoms with Crippen molar-refractivity contribution in [1.82, 2.24) is 4.90 Å². The summed E-state index contributed by atoms with van der Waals surface area (Å²) >= 11 is 5.98. The summed E-state index contributed by atoms with van der Waals surface area (Å²) in [6, 6.07) is 18.2. The third-order valence-electron chi connectivity index (χ3n) is 5.94. The minimum Gasteiger partial charge on any atom is -0.478 e. The van der Waals surface area contributed by atoms with Crippen molar-refractivity contribution in [2.75, 3.05) is 20.4 Å². The number of ketones is 1. The Labute approximate surface area is 202 Å². The van der Waals surface area contributed by atoms with E-state index in [0.717, 1.165) is 34.9 Å². The average Bonchev–Trinajstić information content (AvgIpc) is 3.19. The number of carbonyl (C=O) groups is 2. The van der Waals surface area contributed by atoms with E-state index in [1.54, 1.807) is 36.4 Å². The normalized spacial score (nSPS) is 15.9. The van der Waals surface area contributed by atoms with E-state index < -0.39 is 5.97 Å². The molecule has 5 rings (SSSR count). The van der Waals surface area contributed by atoms with Crippen molar-refractivity contribution >= 4 is 29.4 Å². The Morgan fingerprint density at radius 2 is 1.85 bits per heavy atom. The van der Waals surface area contributed by atoms with Crippen LogP contribution in [0.5, 0.6) is 11.5 Å². The molecule has 0 unspecified atom stereocenters. The Morgan fingerprint density at radius 3 is 2.59 bits per heavy atom. The molecular weight excluding hydrogens is 454 g/mol. The Bertz CT molecular complexity index is 1280. The van der Waals surface area contributed by atoms with E-state index >= 15 is 0 Å². The zero-order valence-electron chi connectivity index (χ0n) is 18.5. The quantitative estimate of drug-likeness (QED) is 0.376. The molecule has 0 atom stereocenters. The lowest BCUT2D eigenvalue weighted by Gasteiger charge is -2.29. The SMILES string of the molecule is COC(=O)c1ccc(/C=C2\Oc3c(ccc4c3CN(CCc3ccc(Cl)cc3)CO4)C2=O)cc1. The van der Waals surface area contributed by atoms with Gasteiger partial charge in [-0.2, -0.15) is 0 Å². The van der Waals surface area contributed by atoms with E-state index in [2.05, 4.69) is 4.90 Å². The fourth-order valence-electron chi connectivity index (χ4n) is 4.07. The summed E-state index contributed by atoms with van der Waals surface area (Å²) in [5.74, 6) is 0.946. The van der Waals surface area contributed by atoms with Crippen LogP contribution >= 0.6 is 11.6 Å². The van der Waals surface area contributed by atoms with Crippen molar-refractivity contribution in [3.8, 4) is 11.5 Å². The van der Waals surface area contributed by atoms with Crippen LogP contribution in [0.25, 0.3) is 6.08 Å². The van der Waals surface area contributed by atoms with Crippen molar-refractivity contribution in [2.45, 2.75) is 13.0 Å². The summed E-state index contributed by atoms with van der Waals surface area (Å²) in [4.78, 5) is 26.8. The molecule has 0 saturated heterocycles. The maximum absolute atomic E-state index is 13.0. The number of hydrogen-bond acceptors (Lipinski definition) is 6. The van der Waals surface area contributed by atoms with Crippen molar-refractivity contribution < 1.29 is 23.8 Å². The summed E-state index contributed by atoms with van der Waals surface area (Å²) in [5, 5.41) is 0.722. The minimum atomic E-state index is -0.410. The molecule has 0 amide bonds. The van der Waals surface area contributed by atoms with Gasteiger partial charge in [0.05, 0.1) is 23.8 Å². The summed E-state index contributed by atoms with van der Waals surface area (Å²) in [6.45, 7) is 1.90. The number of methoxy groups -OCH3 is 1. The lowest BCUT2D eigenvalue weighted by atomic mass is 10.0. The van der Waals surface area contributed by atoms with Crippen molar-refractivity contribution in [3.05, 3.63) is 99.3 Å². The molecule has 34 heavy (non-hydrogen) atoms. The van der Waals surface area contributed by atoms with Gasteiger partial charge in [-0.05, 0) is 60.0 Å². The van der Waals surface area contributed by atoms with E-state index in [-0.39, 0.29) is 11.5 Å². The third kappa shape index (κ3) is 4.42. The Balaban J connectivity index is 1.33. The highest BCUT2D eigenvalue weighted by molar-refractivity contribution is 6.30. The molecule has 3 aromatic carbocycles. The second-order valence-corrected chi connectivity index (χ2v) is 8.61. The van der Waals surface area contributed by atoms with E-state index in [4.69, 9.17) is 25.8 Å². The number of fused-ring (bicyclic) bond motifs is 3. The van der Waals surface area contributed by atoms with Crippen LogP contribution in [0.1, 0.15) is 37.4 Å². The van der Waals surface area contributed by atoms with E-state index in [1.807, 2.05) is 30.3 Å². The summed E-state index contributed by atoms with van der Waals surface area (Å²) < 4.78 is 16.7. The van der Waals surface area contributed by atoms with Gasteiger partial charge in [-0.3, -0.25) is 9.69 Å². The Morgan fingerprint density at radius 1 is 1.09 bits per heavy atom. The molecule has 0 N–H and O–H groups in total. The van der Waals surface area contributed by atoms with Gasteiger partial charge in [0.15, 0.2) is 5.76 Å². The van der Waals surface area contributed by atoms with Crippen LogP contribution in [0.15, 0.2) is 66.4 Å². The van der Waals surface area contributed by atoms with Gasteiger partial charge < -0.3 is 14.2 Å². The number of ether oxygens (including phenoxy) is 3. The number of allylic oxidation sites excluding steroid dienone is 1. The number of rotatable bonds is 5. The third-order valence-corrected chi connectivity index (χ3v) is 6.19. The van der Waals surface area contributed by atoms with Crippen LogP contribution in [0, 0.1) is 0 Å². The molecule has 0 fully saturated rings. The van der Waals surface area contributed by atoms with Crippen LogP contribution in [0.4, 0.5) is 0 Å². The number of Topliss-reactive ketones (excluding diaryl/α,β-unsaturated/α-hetero) is 1. The first kappa shape index (κ1) is 22.2. The first-order valence-corrected chi connectivity index (χ1v) is 11.3. The van der Waals surface area contributed by atoms with Crippen molar-refractivity contribution in [3.63, 3.8) is 0 Å². The minimum absolute atomic E-state index is 0.173. The van der Waals surface area contributed by atoms with Crippen molar-refractivity contribution in [2.24, 2.45) is 0 Å². The number of halogens is 1. The molecule has 6 nitrogen and oxygen atoms in total. The zero-order valence-corrected chi connectivity index (χ0v) is 19.3. The van der Waals surface area contributed by atoms with Gasteiger partial charge >= 0.3 is 5.97 Å². The highest BCUT2D eigenvalue weighted by Gasteiger charge is 2.33. The lowest BCUT2D eigenvalue weighted by Crippen LogP contribution is -2.33. The van der Waals surface area contributed by atoms with Gasteiger partial charge in [0.1, 0.15) is 18.2 Å². The standard InChI is InChI=1S/C27H22ClNO5/c1-32-27(31)19-6-2-18(3-7-19)14-24-25(30)21-10-11-23-22(26(21)34-24)15-29(16-33-23)13-12-17-4-8-20(28)9-5-17/h2-11,14H,12-13,15-16H2,1H3/b24-14-. The number of nitrogens with zero attached hydrogens (tertiary/aromatic N) is 1. The molecule has 3 aromatic rings. The smallest absolute Gasteiger partial charge is 0.337 e. The van der Waals surface area contributed by atoms with Gasteiger partial charge in [-0.25, -0.2) is 4.79 Å². The number of benzene rings is 3. The average molecular weight is 476 g/mol. The maximum Gasteiger partial charge on any atom is 0.337 e. The highest BCUT2D eigenvalue weighted by atomic mass is 35.5. The molecular formula is C27H22ClNO5. The van der Waals surface area contributed by atoms with Gasteiger partial charge in [0, 0.05) is 18.1 Å². The summed E-state index contributed by atoms with van der Waals surface area (Å²) in [5.41, 5.74) is 3.79. The van der Waals surface area contributed by atoms with E-state index in [0.29, 0.717) is 30.2 Å². The van der Waals surface area contributed by atoms with E-state index in [9.17, 15) is 9.59 Å². The first-order valence-electron chi connectivity index (χ1n) is 10.9. The molecule has 0 spiro atoms. The van der Waals surface area contributed by atoms with Crippen molar-refractivity contribution in [1.29, 1.82) is 0 Å². The summed E-state index contributed by atoms with van der Waals surface area (Å²) in [6.07, 6.45) is 2.54. The Kier molecular flexibility index (Phi) is 6.09. The number of carbonyl (C=O) groups excluding carboxylic acids is 2. The van der Waals surface area contributed by atoms with Crippen LogP contribution in [0.3, 0.4) is 0 Å². The Hall–Kier alpha value is -3.61. The molecule has 172 valence electrons. The van der Waals surface area contributed by atoms with Crippen LogP contribution in [-0.4, -0.2) is 37.0 Å². The van der Waals surface area contributed by atoms with Crippen LogP contribution < -0.4 is 9.47 Å². The molecule has 2 aliphatic rings. The molecule has 7 heteroatoms. The number of esters is 1. The second-order valence-electron chi connectivity index (χ2n) is 8.17. The molecule has 0 bridgehead atoms. The fraction of sp³-hybridized carbons (Fsp3) is 0.185. The largest absolute Gasteiger partial charge is 0.478 e. The highest BCUT2D eigenvalue weighted by Crippen LogP contribution is 2.42. The maximum atomic E-state index is 13.0. The number of hydrogen-bond donors (Lipinski definition) is 0. The monoisotopic (exact) mass is 475 g/mol. The topological polar surface area (TPSA) is 65.1 Å². The van der Waals surface area contributed by atoms with E-state index in [1.165, 1.54) is 12.7 Å². The molecule has 2 heterocycles. The van der Waals surface area contributed by atoms with Gasteiger partial charge in [-0.15, -0.1) is 0 Å². The lowest BCUT2D eigenvalue weighted by molar-refractivity contribution is 0.0600. The van der Waals surface area contributed by atoms with Gasteiger partial charge in [-0.1, -0.05) is 35.9 Å².